The SMILES string of the molecule is CCCCC1COC(CCc2ccc3c(F)cccc3c2CCc2ccc(C(F)(F)F)c(F)c2)OC1. The number of halogens is 5. The summed E-state index contributed by atoms with van der Waals surface area (Å²) in [5, 5.41) is 1.24. The molecule has 0 aliphatic carbocycles. The Kier molecular flexibility index (Phi) is 8.62. The van der Waals surface area contributed by atoms with Crippen LogP contribution in [-0.2, 0) is 34.9 Å². The van der Waals surface area contributed by atoms with Gasteiger partial charge in [-0.3, -0.25) is 0 Å². The van der Waals surface area contributed by atoms with Crippen molar-refractivity contribution in [1.82, 2.24) is 0 Å². The van der Waals surface area contributed by atoms with Gasteiger partial charge in [0.1, 0.15) is 11.6 Å². The molecule has 4 rings (SSSR count). The Labute approximate surface area is 208 Å². The molecule has 1 heterocycles. The first kappa shape index (κ1) is 26.6. The molecule has 1 aliphatic heterocycles. The molecular weight excluding hydrogens is 475 g/mol. The van der Waals surface area contributed by atoms with Gasteiger partial charge in [0, 0.05) is 17.7 Å². The molecule has 1 saturated heterocycles. The zero-order valence-electron chi connectivity index (χ0n) is 20.3. The largest absolute Gasteiger partial charge is 0.419 e. The van der Waals surface area contributed by atoms with E-state index in [0.717, 1.165) is 47.9 Å². The van der Waals surface area contributed by atoms with Crippen molar-refractivity contribution >= 4 is 10.8 Å². The zero-order chi connectivity index (χ0) is 25.7. The van der Waals surface area contributed by atoms with Gasteiger partial charge in [-0.1, -0.05) is 50.1 Å². The third kappa shape index (κ3) is 6.43. The Balaban J connectivity index is 1.49. The van der Waals surface area contributed by atoms with Gasteiger partial charge in [-0.25, -0.2) is 8.78 Å². The Morgan fingerprint density at radius 1 is 0.833 bits per heavy atom. The molecular formula is C29H31F5O2. The van der Waals surface area contributed by atoms with Gasteiger partial charge in [-0.2, -0.15) is 13.2 Å². The van der Waals surface area contributed by atoms with E-state index in [1.165, 1.54) is 12.1 Å². The first-order valence-electron chi connectivity index (χ1n) is 12.5. The van der Waals surface area contributed by atoms with Crippen LogP contribution < -0.4 is 0 Å². The molecule has 0 spiro atoms. The Hall–Kier alpha value is -2.51. The fraction of sp³-hybridized carbons (Fsp3) is 0.448. The van der Waals surface area contributed by atoms with E-state index in [2.05, 4.69) is 6.92 Å². The highest BCUT2D eigenvalue weighted by Gasteiger charge is 2.33. The second-order valence-electron chi connectivity index (χ2n) is 9.49. The van der Waals surface area contributed by atoms with Crippen LogP contribution in [0.4, 0.5) is 22.0 Å². The van der Waals surface area contributed by atoms with Gasteiger partial charge in [0.15, 0.2) is 6.29 Å². The van der Waals surface area contributed by atoms with Gasteiger partial charge in [0.2, 0.25) is 0 Å². The molecule has 0 unspecified atom stereocenters. The summed E-state index contributed by atoms with van der Waals surface area (Å²) in [5.74, 6) is -1.20. The van der Waals surface area contributed by atoms with E-state index >= 15 is 0 Å². The number of rotatable bonds is 9. The molecule has 3 aromatic rings. The van der Waals surface area contributed by atoms with Crippen molar-refractivity contribution in [1.29, 1.82) is 0 Å². The number of hydrogen-bond acceptors (Lipinski definition) is 2. The minimum absolute atomic E-state index is 0.303. The van der Waals surface area contributed by atoms with E-state index < -0.39 is 17.6 Å². The van der Waals surface area contributed by atoms with Gasteiger partial charge in [-0.15, -0.1) is 0 Å². The van der Waals surface area contributed by atoms with E-state index in [-0.39, 0.29) is 12.1 Å². The van der Waals surface area contributed by atoms with Crippen LogP contribution in [0.1, 0.15) is 54.9 Å². The minimum Gasteiger partial charge on any atom is -0.352 e. The number of unbranched alkanes of at least 4 members (excludes halogenated alkanes) is 1. The average Bonchev–Trinajstić information content (AvgIpc) is 2.85. The quantitative estimate of drug-likeness (QED) is 0.274. The summed E-state index contributed by atoms with van der Waals surface area (Å²) < 4.78 is 79.1. The van der Waals surface area contributed by atoms with Crippen molar-refractivity contribution in [2.24, 2.45) is 5.92 Å². The van der Waals surface area contributed by atoms with E-state index in [9.17, 15) is 22.0 Å². The molecule has 0 N–H and O–H groups in total. The Bertz CT molecular complexity index is 1170. The second-order valence-corrected chi connectivity index (χ2v) is 9.49. The first-order chi connectivity index (χ1) is 17.3. The summed E-state index contributed by atoms with van der Waals surface area (Å²) in [6, 6.07) is 11.5. The van der Waals surface area contributed by atoms with Gasteiger partial charge in [0.25, 0.3) is 0 Å². The molecule has 0 radical (unpaired) electrons. The molecule has 0 aromatic heterocycles. The maximum Gasteiger partial charge on any atom is 0.419 e. The minimum atomic E-state index is -4.73. The highest BCUT2D eigenvalue weighted by atomic mass is 19.4. The molecule has 7 heteroatoms. The molecule has 1 aliphatic rings. The number of alkyl halides is 3. The molecule has 0 amide bonds. The summed E-state index contributed by atoms with van der Waals surface area (Å²) in [4.78, 5) is 0. The summed E-state index contributed by atoms with van der Waals surface area (Å²) in [6.45, 7) is 3.52. The van der Waals surface area contributed by atoms with Crippen molar-refractivity contribution in [3.05, 3.63) is 82.4 Å². The lowest BCUT2D eigenvalue weighted by Gasteiger charge is -2.29. The number of aryl methyl sites for hydroxylation is 3. The summed E-state index contributed by atoms with van der Waals surface area (Å²) in [5.41, 5.74) is 1.09. The van der Waals surface area contributed by atoms with Crippen molar-refractivity contribution in [3.8, 4) is 0 Å². The average molecular weight is 507 g/mol. The predicted molar refractivity (Wildman–Crippen MR) is 130 cm³/mol. The van der Waals surface area contributed by atoms with Crippen LogP contribution in [0.3, 0.4) is 0 Å². The molecule has 0 saturated carbocycles. The number of benzene rings is 3. The lowest BCUT2D eigenvalue weighted by atomic mass is 9.91. The monoisotopic (exact) mass is 506 g/mol. The molecule has 3 aromatic carbocycles. The lowest BCUT2D eigenvalue weighted by Crippen LogP contribution is -2.32. The van der Waals surface area contributed by atoms with Crippen LogP contribution in [0.2, 0.25) is 0 Å². The van der Waals surface area contributed by atoms with Crippen LogP contribution in [0, 0.1) is 17.6 Å². The van der Waals surface area contributed by atoms with E-state index in [1.54, 1.807) is 12.1 Å². The van der Waals surface area contributed by atoms with Crippen molar-refractivity contribution in [2.75, 3.05) is 13.2 Å². The third-order valence-electron chi connectivity index (χ3n) is 6.87. The van der Waals surface area contributed by atoms with Crippen LogP contribution in [0.25, 0.3) is 10.8 Å². The van der Waals surface area contributed by atoms with Crippen molar-refractivity contribution in [3.63, 3.8) is 0 Å². The van der Waals surface area contributed by atoms with Crippen LogP contribution in [0.15, 0.2) is 48.5 Å². The maximum absolute atomic E-state index is 14.5. The number of fused-ring (bicyclic) bond motifs is 1. The third-order valence-corrected chi connectivity index (χ3v) is 6.87. The van der Waals surface area contributed by atoms with Gasteiger partial charge >= 0.3 is 6.18 Å². The maximum atomic E-state index is 14.5. The fourth-order valence-electron chi connectivity index (χ4n) is 4.85. The zero-order valence-corrected chi connectivity index (χ0v) is 20.3. The standard InChI is InChI=1S/C29H31F5O2/c1-2-3-5-20-17-35-28(36-18-20)15-11-21-10-13-24-23(6-4-7-26(24)30)22(21)12-8-19-9-14-25(27(31)16-19)29(32,33)34/h4,6-7,9-10,13-14,16,20,28H,2-3,5,8,11-12,15,17-18H2,1H3. The van der Waals surface area contributed by atoms with Gasteiger partial charge in [0.05, 0.1) is 18.8 Å². The lowest BCUT2D eigenvalue weighted by molar-refractivity contribution is -0.203. The summed E-state index contributed by atoms with van der Waals surface area (Å²) >= 11 is 0. The highest BCUT2D eigenvalue weighted by molar-refractivity contribution is 5.87. The van der Waals surface area contributed by atoms with E-state index in [4.69, 9.17) is 9.47 Å². The smallest absolute Gasteiger partial charge is 0.352 e. The molecule has 1 fully saturated rings. The highest BCUT2D eigenvalue weighted by Crippen LogP contribution is 2.32. The Morgan fingerprint density at radius 3 is 2.31 bits per heavy atom. The fourth-order valence-corrected chi connectivity index (χ4v) is 4.85. The van der Waals surface area contributed by atoms with E-state index in [0.29, 0.717) is 55.8 Å². The molecule has 0 bridgehead atoms. The molecule has 36 heavy (non-hydrogen) atoms. The predicted octanol–water partition coefficient (Wildman–Crippen LogP) is 8.03. The molecule has 2 nitrogen and oxygen atoms in total. The van der Waals surface area contributed by atoms with Crippen molar-refractivity contribution in [2.45, 2.75) is 64.3 Å². The van der Waals surface area contributed by atoms with Gasteiger partial charge in [-0.05, 0) is 66.0 Å². The van der Waals surface area contributed by atoms with Crippen LogP contribution >= 0.6 is 0 Å². The van der Waals surface area contributed by atoms with E-state index in [1.807, 2.05) is 12.1 Å². The van der Waals surface area contributed by atoms with Gasteiger partial charge < -0.3 is 9.47 Å². The topological polar surface area (TPSA) is 18.5 Å². The number of hydrogen-bond donors (Lipinski definition) is 0. The van der Waals surface area contributed by atoms with Crippen molar-refractivity contribution < 1.29 is 31.4 Å². The summed E-state index contributed by atoms with van der Waals surface area (Å²) in [7, 11) is 0. The number of ether oxygens (including phenoxy) is 2. The summed E-state index contributed by atoms with van der Waals surface area (Å²) in [6.07, 6.45) is 0.404. The van der Waals surface area contributed by atoms with Crippen LogP contribution in [-0.4, -0.2) is 19.5 Å². The Morgan fingerprint density at radius 2 is 1.61 bits per heavy atom. The van der Waals surface area contributed by atoms with Crippen LogP contribution in [0.5, 0.6) is 0 Å². The first-order valence-corrected chi connectivity index (χ1v) is 12.5. The second kappa shape index (κ2) is 11.7. The molecule has 194 valence electrons. The normalized spacial score (nSPS) is 18.6. The molecule has 0 atom stereocenters.